The first-order valence-electron chi connectivity index (χ1n) is 6.18. The van der Waals surface area contributed by atoms with Gasteiger partial charge < -0.3 is 51.6 Å². The number of hydrogen-bond acceptors (Lipinski definition) is 8. The minimum atomic E-state index is -2.78. The fourth-order valence-electron chi connectivity index (χ4n) is 2.14. The standard InChI is InChI=1S/C11H19NO9.2H2O/c1-4(14)12-7-5(15)2-11(20,10(18)19)21-9(7)8(17)6(16)3-13;;/h5-9,13,15-17,20H,2-3H2,1H3,(H,12,14)(H,18,19);2*1H2/t5-,6+,7+,8+,9+,11-;;/m0../s1. The number of ether oxygens (including phenoxy) is 1. The summed E-state index contributed by atoms with van der Waals surface area (Å²) in [5.74, 6) is -5.17. The van der Waals surface area contributed by atoms with Gasteiger partial charge in [0.25, 0.3) is 5.79 Å². The van der Waals surface area contributed by atoms with Crippen LogP contribution in [0.1, 0.15) is 13.3 Å². The van der Waals surface area contributed by atoms with Crippen LogP contribution < -0.4 is 5.32 Å². The molecule has 0 radical (unpaired) electrons. The summed E-state index contributed by atoms with van der Waals surface area (Å²) in [4.78, 5) is 22.1. The van der Waals surface area contributed by atoms with Crippen molar-refractivity contribution in [3.63, 3.8) is 0 Å². The molecule has 6 atom stereocenters. The normalized spacial score (nSPS) is 32.7. The summed E-state index contributed by atoms with van der Waals surface area (Å²) in [6.07, 6.45) is -7.48. The minimum absolute atomic E-state index is 0. The molecule has 1 amide bonds. The Balaban J connectivity index is 0. The molecule has 1 rings (SSSR count). The Labute approximate surface area is 130 Å². The third kappa shape index (κ3) is 5.33. The quantitative estimate of drug-likeness (QED) is 0.251. The number of nitrogens with one attached hydrogen (secondary N) is 1. The molecule has 0 bridgehead atoms. The molecule has 1 aliphatic heterocycles. The van der Waals surface area contributed by atoms with Gasteiger partial charge in [-0.1, -0.05) is 0 Å². The lowest BCUT2D eigenvalue weighted by atomic mass is 9.88. The number of carbonyl (C=O) groups is 2. The molecule has 1 aliphatic rings. The van der Waals surface area contributed by atoms with E-state index in [-0.39, 0.29) is 11.0 Å². The van der Waals surface area contributed by atoms with Crippen LogP contribution in [0.15, 0.2) is 0 Å². The second-order valence-electron chi connectivity index (χ2n) is 4.91. The maximum Gasteiger partial charge on any atom is 0.364 e. The number of carbonyl (C=O) groups excluding carboxylic acids is 1. The maximum atomic E-state index is 11.1. The van der Waals surface area contributed by atoms with Gasteiger partial charge in [-0.25, -0.2) is 4.79 Å². The lowest BCUT2D eigenvalue weighted by Crippen LogP contribution is -2.67. The number of carboxylic acids is 1. The molecule has 0 aliphatic carbocycles. The molecule has 0 unspecified atom stereocenters. The topological polar surface area (TPSA) is 240 Å². The average Bonchev–Trinajstić information content (AvgIpc) is 2.39. The van der Waals surface area contributed by atoms with Gasteiger partial charge in [-0.15, -0.1) is 0 Å². The van der Waals surface area contributed by atoms with E-state index in [4.69, 9.17) is 14.9 Å². The Morgan fingerprint density at radius 3 is 2.26 bits per heavy atom. The largest absolute Gasteiger partial charge is 0.477 e. The number of hydrogen-bond donors (Lipinski definition) is 7. The van der Waals surface area contributed by atoms with E-state index in [1.165, 1.54) is 0 Å². The summed E-state index contributed by atoms with van der Waals surface area (Å²) < 4.78 is 4.86. The summed E-state index contributed by atoms with van der Waals surface area (Å²) in [5.41, 5.74) is 0. The third-order valence-corrected chi connectivity index (χ3v) is 3.21. The van der Waals surface area contributed by atoms with Crippen molar-refractivity contribution in [3.05, 3.63) is 0 Å². The zero-order valence-corrected chi connectivity index (χ0v) is 12.2. The van der Waals surface area contributed by atoms with Gasteiger partial charge in [0.15, 0.2) is 0 Å². The van der Waals surface area contributed by atoms with Crippen LogP contribution in [0.2, 0.25) is 0 Å². The van der Waals surface area contributed by atoms with Gasteiger partial charge in [-0.3, -0.25) is 4.79 Å². The van der Waals surface area contributed by atoms with Crippen LogP contribution >= 0.6 is 0 Å². The zero-order chi connectivity index (χ0) is 16.4. The smallest absolute Gasteiger partial charge is 0.364 e. The Hall–Kier alpha value is -1.38. The van der Waals surface area contributed by atoms with Crippen molar-refractivity contribution < 1.29 is 55.9 Å². The Kier molecular flexibility index (Phi) is 9.39. The predicted octanol–water partition coefficient (Wildman–Crippen LogP) is -5.52. The van der Waals surface area contributed by atoms with Crippen molar-refractivity contribution in [3.8, 4) is 0 Å². The number of aliphatic hydroxyl groups excluding tert-OH is 4. The van der Waals surface area contributed by atoms with Crippen LogP contribution in [0.5, 0.6) is 0 Å². The molecule has 1 heterocycles. The third-order valence-electron chi connectivity index (χ3n) is 3.21. The van der Waals surface area contributed by atoms with E-state index in [2.05, 4.69) is 5.32 Å². The zero-order valence-electron chi connectivity index (χ0n) is 12.2. The van der Waals surface area contributed by atoms with Crippen molar-refractivity contribution in [2.45, 2.75) is 49.6 Å². The van der Waals surface area contributed by atoms with Gasteiger partial charge >= 0.3 is 5.97 Å². The maximum absolute atomic E-state index is 11.1. The highest BCUT2D eigenvalue weighted by Gasteiger charge is 2.53. The van der Waals surface area contributed by atoms with Crippen LogP contribution in [-0.2, 0) is 14.3 Å². The second-order valence-corrected chi connectivity index (χ2v) is 4.91. The molecule has 11 N–H and O–H groups in total. The first-order chi connectivity index (χ1) is 9.62. The monoisotopic (exact) mass is 345 g/mol. The van der Waals surface area contributed by atoms with Crippen molar-refractivity contribution in [1.82, 2.24) is 5.32 Å². The molecule has 12 heteroatoms. The van der Waals surface area contributed by atoms with E-state index in [1.807, 2.05) is 0 Å². The molecule has 0 aromatic carbocycles. The van der Waals surface area contributed by atoms with Crippen molar-refractivity contribution >= 4 is 11.9 Å². The molecule has 138 valence electrons. The fraction of sp³-hybridized carbons (Fsp3) is 0.818. The first-order valence-corrected chi connectivity index (χ1v) is 6.18. The number of aliphatic hydroxyl groups is 5. The molecule has 12 nitrogen and oxygen atoms in total. The predicted molar refractivity (Wildman–Crippen MR) is 72.0 cm³/mol. The van der Waals surface area contributed by atoms with Gasteiger partial charge in [0, 0.05) is 13.3 Å². The van der Waals surface area contributed by atoms with Crippen LogP contribution in [0, 0.1) is 0 Å². The summed E-state index contributed by atoms with van der Waals surface area (Å²) >= 11 is 0. The molecule has 0 saturated carbocycles. The fourth-order valence-corrected chi connectivity index (χ4v) is 2.14. The molecule has 0 aromatic rings. The van der Waals surface area contributed by atoms with Crippen molar-refractivity contribution in [2.75, 3.05) is 6.61 Å². The van der Waals surface area contributed by atoms with Gasteiger partial charge in [0.05, 0.1) is 18.8 Å². The number of aliphatic carboxylic acids is 1. The van der Waals surface area contributed by atoms with E-state index >= 15 is 0 Å². The van der Waals surface area contributed by atoms with E-state index < -0.39 is 61.1 Å². The van der Waals surface area contributed by atoms with Gasteiger partial charge in [0.2, 0.25) is 5.91 Å². The number of carboxylic acid groups (broad SMARTS) is 1. The summed E-state index contributed by atoms with van der Waals surface area (Å²) in [6, 6.07) is -1.27. The highest BCUT2D eigenvalue weighted by atomic mass is 16.7. The van der Waals surface area contributed by atoms with Crippen LogP contribution in [0.4, 0.5) is 0 Å². The van der Waals surface area contributed by atoms with Gasteiger partial charge in [0.1, 0.15) is 18.3 Å². The van der Waals surface area contributed by atoms with E-state index in [0.29, 0.717) is 0 Å². The Morgan fingerprint density at radius 2 is 1.87 bits per heavy atom. The van der Waals surface area contributed by atoms with E-state index in [9.17, 15) is 30.0 Å². The molecule has 1 saturated heterocycles. The lowest BCUT2D eigenvalue weighted by molar-refractivity contribution is -0.295. The molecule has 0 aromatic heterocycles. The highest BCUT2D eigenvalue weighted by Crippen LogP contribution is 2.30. The van der Waals surface area contributed by atoms with Crippen molar-refractivity contribution in [2.24, 2.45) is 0 Å². The molecule has 23 heavy (non-hydrogen) atoms. The molecular weight excluding hydrogens is 322 g/mol. The Bertz CT molecular complexity index is 405. The second kappa shape index (κ2) is 9.05. The summed E-state index contributed by atoms with van der Waals surface area (Å²) in [7, 11) is 0. The molecular formula is C11H23NO11. The SMILES string of the molecule is CC(=O)N[C@H]1[C@H]([C@H](O)[C@H](O)CO)O[C@](O)(C(=O)O)C[C@@H]1O.O.O. The minimum Gasteiger partial charge on any atom is -0.477 e. The number of rotatable bonds is 5. The summed E-state index contributed by atoms with van der Waals surface area (Å²) in [5, 5.41) is 59.0. The van der Waals surface area contributed by atoms with Crippen LogP contribution in [0.25, 0.3) is 0 Å². The van der Waals surface area contributed by atoms with Gasteiger partial charge in [-0.05, 0) is 0 Å². The summed E-state index contributed by atoms with van der Waals surface area (Å²) in [6.45, 7) is 0.256. The average molecular weight is 345 g/mol. The van der Waals surface area contributed by atoms with Crippen LogP contribution in [-0.4, -0.2) is 96.3 Å². The Morgan fingerprint density at radius 1 is 1.35 bits per heavy atom. The van der Waals surface area contributed by atoms with E-state index in [0.717, 1.165) is 6.92 Å². The molecule has 0 spiro atoms. The van der Waals surface area contributed by atoms with E-state index in [1.54, 1.807) is 0 Å². The number of amides is 1. The van der Waals surface area contributed by atoms with Crippen molar-refractivity contribution in [1.29, 1.82) is 0 Å². The molecule has 1 fully saturated rings. The van der Waals surface area contributed by atoms with Crippen LogP contribution in [0.3, 0.4) is 0 Å². The lowest BCUT2D eigenvalue weighted by Gasteiger charge is -2.44. The first kappa shape index (κ1) is 23.9. The highest BCUT2D eigenvalue weighted by molar-refractivity contribution is 5.76. The van der Waals surface area contributed by atoms with Gasteiger partial charge in [-0.2, -0.15) is 0 Å².